The molecule has 1 heterocycles. The molecule has 7 nitrogen and oxygen atoms in total. The van der Waals surface area contributed by atoms with Crippen LogP contribution in [0.5, 0.6) is 11.5 Å². The topological polar surface area (TPSA) is 77.7 Å². The SMILES string of the molecule is CCCCN(CCc1nc(-c2ccc(OC)c(OC)c2)no1)C(=O)C1CCCC1. The highest BCUT2D eigenvalue weighted by atomic mass is 16.5. The van der Waals surface area contributed by atoms with E-state index in [1.807, 2.05) is 23.1 Å². The van der Waals surface area contributed by atoms with Crippen LogP contribution in [0, 0.1) is 5.92 Å². The van der Waals surface area contributed by atoms with Crippen molar-refractivity contribution >= 4 is 5.91 Å². The molecule has 0 saturated heterocycles. The molecule has 1 amide bonds. The molecule has 1 aliphatic carbocycles. The number of amides is 1. The van der Waals surface area contributed by atoms with Gasteiger partial charge in [0.25, 0.3) is 0 Å². The summed E-state index contributed by atoms with van der Waals surface area (Å²) in [6.45, 7) is 3.55. The second-order valence-electron chi connectivity index (χ2n) is 7.49. The monoisotopic (exact) mass is 401 g/mol. The smallest absolute Gasteiger partial charge is 0.228 e. The van der Waals surface area contributed by atoms with E-state index in [9.17, 15) is 4.79 Å². The summed E-state index contributed by atoms with van der Waals surface area (Å²) in [5, 5.41) is 4.09. The Labute approximate surface area is 172 Å². The van der Waals surface area contributed by atoms with Crippen molar-refractivity contribution in [2.75, 3.05) is 27.3 Å². The molecule has 158 valence electrons. The van der Waals surface area contributed by atoms with Gasteiger partial charge in [-0.2, -0.15) is 4.98 Å². The summed E-state index contributed by atoms with van der Waals surface area (Å²) in [6.07, 6.45) is 7.00. The highest BCUT2D eigenvalue weighted by Crippen LogP contribution is 2.31. The van der Waals surface area contributed by atoms with Crippen LogP contribution in [0.3, 0.4) is 0 Å². The first-order valence-corrected chi connectivity index (χ1v) is 10.5. The molecular weight excluding hydrogens is 370 g/mol. The molecular formula is C22H31N3O4. The average molecular weight is 402 g/mol. The van der Waals surface area contributed by atoms with Crippen LogP contribution in [0.4, 0.5) is 0 Å². The van der Waals surface area contributed by atoms with Crippen LogP contribution in [-0.2, 0) is 11.2 Å². The number of hydrogen-bond donors (Lipinski definition) is 0. The third-order valence-electron chi connectivity index (χ3n) is 5.50. The van der Waals surface area contributed by atoms with Gasteiger partial charge in [0.1, 0.15) is 0 Å². The summed E-state index contributed by atoms with van der Waals surface area (Å²) in [5.41, 5.74) is 0.794. The molecule has 0 unspecified atom stereocenters. The van der Waals surface area contributed by atoms with E-state index in [0.29, 0.717) is 36.2 Å². The Kier molecular flexibility index (Phi) is 7.49. The molecule has 1 aliphatic rings. The molecule has 0 bridgehead atoms. The Morgan fingerprint density at radius 2 is 1.93 bits per heavy atom. The van der Waals surface area contributed by atoms with Crippen LogP contribution in [0.15, 0.2) is 22.7 Å². The zero-order chi connectivity index (χ0) is 20.6. The Morgan fingerprint density at radius 3 is 2.62 bits per heavy atom. The fourth-order valence-corrected chi connectivity index (χ4v) is 3.79. The third kappa shape index (κ3) is 5.28. The zero-order valence-corrected chi connectivity index (χ0v) is 17.6. The molecule has 0 radical (unpaired) electrons. The van der Waals surface area contributed by atoms with Crippen molar-refractivity contribution in [1.82, 2.24) is 15.0 Å². The van der Waals surface area contributed by atoms with E-state index in [-0.39, 0.29) is 11.8 Å². The minimum Gasteiger partial charge on any atom is -0.493 e. The van der Waals surface area contributed by atoms with Gasteiger partial charge in [0.05, 0.1) is 14.2 Å². The summed E-state index contributed by atoms with van der Waals surface area (Å²) in [6, 6.07) is 5.51. The Balaban J connectivity index is 1.65. The van der Waals surface area contributed by atoms with E-state index in [4.69, 9.17) is 14.0 Å². The van der Waals surface area contributed by atoms with Crippen molar-refractivity contribution in [3.63, 3.8) is 0 Å². The lowest BCUT2D eigenvalue weighted by molar-refractivity contribution is -0.135. The highest BCUT2D eigenvalue weighted by molar-refractivity contribution is 5.79. The highest BCUT2D eigenvalue weighted by Gasteiger charge is 2.27. The zero-order valence-electron chi connectivity index (χ0n) is 17.6. The first-order valence-electron chi connectivity index (χ1n) is 10.5. The van der Waals surface area contributed by atoms with Crippen LogP contribution < -0.4 is 9.47 Å². The van der Waals surface area contributed by atoms with Gasteiger partial charge in [-0.1, -0.05) is 31.3 Å². The molecule has 29 heavy (non-hydrogen) atoms. The molecule has 3 rings (SSSR count). The number of unbranched alkanes of at least 4 members (excludes halogenated alkanes) is 1. The predicted molar refractivity (Wildman–Crippen MR) is 110 cm³/mol. The van der Waals surface area contributed by atoms with Crippen molar-refractivity contribution in [2.45, 2.75) is 51.9 Å². The number of aromatic nitrogens is 2. The van der Waals surface area contributed by atoms with E-state index in [1.165, 1.54) is 0 Å². The molecule has 0 spiro atoms. The lowest BCUT2D eigenvalue weighted by Gasteiger charge is -2.25. The maximum Gasteiger partial charge on any atom is 0.228 e. The van der Waals surface area contributed by atoms with Gasteiger partial charge in [0.2, 0.25) is 17.6 Å². The number of ether oxygens (including phenoxy) is 2. The van der Waals surface area contributed by atoms with Crippen molar-refractivity contribution < 1.29 is 18.8 Å². The largest absolute Gasteiger partial charge is 0.493 e. The van der Waals surface area contributed by atoms with Crippen molar-refractivity contribution in [1.29, 1.82) is 0 Å². The van der Waals surface area contributed by atoms with Gasteiger partial charge in [-0.3, -0.25) is 4.79 Å². The number of carbonyl (C=O) groups excluding carboxylic acids is 1. The van der Waals surface area contributed by atoms with Crippen LogP contribution >= 0.6 is 0 Å². The second-order valence-corrected chi connectivity index (χ2v) is 7.49. The van der Waals surface area contributed by atoms with Gasteiger partial charge in [-0.25, -0.2) is 0 Å². The Bertz CT molecular complexity index is 799. The minimum absolute atomic E-state index is 0.192. The lowest BCUT2D eigenvalue weighted by atomic mass is 10.1. The third-order valence-corrected chi connectivity index (χ3v) is 5.50. The Morgan fingerprint density at radius 1 is 1.17 bits per heavy atom. The number of rotatable bonds is 10. The van der Waals surface area contributed by atoms with Gasteiger partial charge < -0.3 is 18.9 Å². The standard InChI is InChI=1S/C22H31N3O4/c1-4-5-13-25(22(26)16-8-6-7-9-16)14-12-20-23-21(24-29-20)17-10-11-18(27-2)19(15-17)28-3/h10-11,15-16H,4-9,12-14H2,1-3H3. The molecule has 1 aromatic carbocycles. The first-order chi connectivity index (χ1) is 14.2. The fourth-order valence-electron chi connectivity index (χ4n) is 3.79. The number of methoxy groups -OCH3 is 2. The molecule has 0 aliphatic heterocycles. The van der Waals surface area contributed by atoms with E-state index in [0.717, 1.165) is 50.6 Å². The van der Waals surface area contributed by atoms with Gasteiger partial charge in [0, 0.05) is 31.0 Å². The molecule has 1 fully saturated rings. The van der Waals surface area contributed by atoms with E-state index >= 15 is 0 Å². The summed E-state index contributed by atoms with van der Waals surface area (Å²) in [5.74, 6) is 2.78. The summed E-state index contributed by atoms with van der Waals surface area (Å²) >= 11 is 0. The van der Waals surface area contributed by atoms with Crippen LogP contribution in [-0.4, -0.2) is 48.3 Å². The van der Waals surface area contributed by atoms with Gasteiger partial charge >= 0.3 is 0 Å². The van der Waals surface area contributed by atoms with Gasteiger partial charge in [-0.15, -0.1) is 0 Å². The molecule has 1 saturated carbocycles. The normalized spacial score (nSPS) is 14.2. The van der Waals surface area contributed by atoms with Gasteiger partial charge in [0.15, 0.2) is 11.5 Å². The number of carbonyl (C=O) groups is 1. The van der Waals surface area contributed by atoms with Crippen molar-refractivity contribution in [3.8, 4) is 22.9 Å². The number of benzene rings is 1. The Hall–Kier alpha value is -2.57. The maximum atomic E-state index is 12.9. The summed E-state index contributed by atoms with van der Waals surface area (Å²) in [7, 11) is 3.19. The first kappa shape index (κ1) is 21.1. The minimum atomic E-state index is 0.192. The predicted octanol–water partition coefficient (Wildman–Crippen LogP) is 4.12. The fraction of sp³-hybridized carbons (Fsp3) is 0.591. The second kappa shape index (κ2) is 10.3. The van der Waals surface area contributed by atoms with E-state index in [2.05, 4.69) is 17.1 Å². The summed E-state index contributed by atoms with van der Waals surface area (Å²) in [4.78, 5) is 19.4. The number of nitrogens with zero attached hydrogens (tertiary/aromatic N) is 3. The average Bonchev–Trinajstić information content (AvgIpc) is 3.45. The molecule has 0 atom stereocenters. The van der Waals surface area contributed by atoms with Crippen LogP contribution in [0.25, 0.3) is 11.4 Å². The molecule has 0 N–H and O–H groups in total. The van der Waals surface area contributed by atoms with Crippen molar-refractivity contribution in [2.24, 2.45) is 5.92 Å². The number of hydrogen-bond acceptors (Lipinski definition) is 6. The quantitative estimate of drug-likeness (QED) is 0.596. The van der Waals surface area contributed by atoms with E-state index < -0.39 is 0 Å². The van der Waals surface area contributed by atoms with Gasteiger partial charge in [-0.05, 0) is 37.5 Å². The molecule has 2 aromatic rings. The molecule has 1 aromatic heterocycles. The van der Waals surface area contributed by atoms with Crippen LogP contribution in [0.2, 0.25) is 0 Å². The molecule has 7 heteroatoms. The maximum absolute atomic E-state index is 12.9. The van der Waals surface area contributed by atoms with Crippen LogP contribution in [0.1, 0.15) is 51.3 Å². The van der Waals surface area contributed by atoms with E-state index in [1.54, 1.807) is 14.2 Å². The summed E-state index contributed by atoms with van der Waals surface area (Å²) < 4.78 is 16.0. The van der Waals surface area contributed by atoms with Crippen molar-refractivity contribution in [3.05, 3.63) is 24.1 Å². The lowest BCUT2D eigenvalue weighted by Crippen LogP contribution is -2.37.